The van der Waals surface area contributed by atoms with Gasteiger partial charge in [0.1, 0.15) is 0 Å². The number of carbonyl (C=O) groups is 1. The Morgan fingerprint density at radius 3 is 2.37 bits per heavy atom. The van der Waals surface area contributed by atoms with Crippen LogP contribution in [-0.2, 0) is 15.6 Å². The summed E-state index contributed by atoms with van der Waals surface area (Å²) >= 11 is 4.64. The van der Waals surface area contributed by atoms with Crippen LogP contribution in [-0.4, -0.2) is 17.3 Å². The molecule has 1 amide bonds. The van der Waals surface area contributed by atoms with Gasteiger partial charge in [-0.2, -0.15) is 0 Å². The van der Waals surface area contributed by atoms with Gasteiger partial charge < -0.3 is 10.3 Å². The fraction of sp³-hybridized carbons (Fsp3) is 0.423. The number of nitrogens with one attached hydrogen (secondary N) is 2. The van der Waals surface area contributed by atoms with E-state index in [1.807, 2.05) is 24.3 Å². The maximum Gasteiger partial charge on any atom is 0.235 e. The van der Waals surface area contributed by atoms with Crippen molar-refractivity contribution < 1.29 is 4.79 Å². The van der Waals surface area contributed by atoms with Crippen molar-refractivity contribution in [3.05, 3.63) is 65.9 Å². The number of anilines is 1. The number of amides is 1. The van der Waals surface area contributed by atoms with Crippen LogP contribution in [0.3, 0.4) is 0 Å². The van der Waals surface area contributed by atoms with Crippen LogP contribution in [0.1, 0.15) is 64.1 Å². The number of benzene rings is 2. The molecule has 1 aliphatic rings. The molecule has 160 valence electrons. The van der Waals surface area contributed by atoms with E-state index in [4.69, 9.17) is 0 Å². The Balaban J connectivity index is 0.00000124. The Hall–Kier alpha value is -2.26. The fourth-order valence-electron chi connectivity index (χ4n) is 4.40. The van der Waals surface area contributed by atoms with Gasteiger partial charge in [-0.1, -0.05) is 63.9 Å². The Kier molecular flexibility index (Phi) is 6.92. The van der Waals surface area contributed by atoms with Gasteiger partial charge in [0.15, 0.2) is 0 Å². The molecular weight excluding hydrogens is 392 g/mol. The molecule has 1 aromatic heterocycles. The lowest BCUT2D eigenvalue weighted by atomic mass is 9.78. The Morgan fingerprint density at radius 2 is 1.73 bits per heavy atom. The van der Waals surface area contributed by atoms with Crippen molar-refractivity contribution in [1.82, 2.24) is 4.98 Å². The van der Waals surface area contributed by atoms with E-state index in [-0.39, 0.29) is 11.3 Å². The molecule has 0 aliphatic heterocycles. The van der Waals surface area contributed by atoms with Crippen molar-refractivity contribution >= 4 is 34.1 Å². The van der Waals surface area contributed by atoms with Crippen LogP contribution in [0, 0.1) is 0 Å². The number of aromatic amines is 1. The zero-order chi connectivity index (χ0) is 21.8. The zero-order valence-corrected chi connectivity index (χ0v) is 19.3. The topological polar surface area (TPSA) is 44.9 Å². The van der Waals surface area contributed by atoms with Crippen molar-refractivity contribution in [2.75, 3.05) is 11.7 Å². The molecule has 2 aromatic carbocycles. The van der Waals surface area contributed by atoms with Crippen molar-refractivity contribution in [3.63, 3.8) is 0 Å². The average Bonchev–Trinajstić information content (AvgIpc) is 3.44. The first-order chi connectivity index (χ1) is 14.4. The quantitative estimate of drug-likeness (QED) is 0.419. The number of hydrogen-bond acceptors (Lipinski definition) is 1. The van der Waals surface area contributed by atoms with Crippen molar-refractivity contribution in [1.29, 1.82) is 0 Å². The van der Waals surface area contributed by atoms with Crippen LogP contribution in [0.5, 0.6) is 0 Å². The molecule has 0 saturated heterocycles. The van der Waals surface area contributed by atoms with E-state index in [1.54, 1.807) is 0 Å². The van der Waals surface area contributed by atoms with Gasteiger partial charge in [-0.05, 0) is 49.1 Å². The molecule has 0 spiro atoms. The number of carbonyl (C=O) groups excluding carboxylic acids is 1. The second-order valence-electron chi connectivity index (χ2n) is 8.83. The molecule has 0 unspecified atom stereocenters. The molecule has 3 nitrogen and oxygen atoms in total. The first-order valence-electron chi connectivity index (χ1n) is 10.8. The first kappa shape index (κ1) is 22.4. The number of rotatable bonds is 5. The highest BCUT2D eigenvalue weighted by molar-refractivity contribution is 6.15. The molecular formula is C26H33ClN2O. The molecule has 30 heavy (non-hydrogen) atoms. The van der Waals surface area contributed by atoms with Crippen molar-refractivity contribution in [3.8, 4) is 0 Å². The average molecular weight is 425 g/mol. The molecule has 0 radical (unpaired) electrons. The molecule has 4 rings (SSSR count). The minimum atomic E-state index is -0.399. The summed E-state index contributed by atoms with van der Waals surface area (Å²) in [7, 11) is 0. The molecule has 2 N–H and O–H groups in total. The van der Waals surface area contributed by atoms with Crippen LogP contribution < -0.4 is 5.32 Å². The van der Waals surface area contributed by atoms with Crippen LogP contribution in [0.4, 0.5) is 5.69 Å². The molecule has 0 bridgehead atoms. The largest absolute Gasteiger partial charge is 0.358 e. The van der Waals surface area contributed by atoms with E-state index in [2.05, 4.69) is 73.0 Å². The molecule has 0 atom stereocenters. The minimum absolute atomic E-state index is 0.115. The number of alkyl halides is 1. The second kappa shape index (κ2) is 9.26. The molecule has 4 heteroatoms. The lowest BCUT2D eigenvalue weighted by molar-refractivity contribution is -0.121. The molecule has 3 aromatic rings. The van der Waals surface area contributed by atoms with E-state index in [9.17, 15) is 4.79 Å². The van der Waals surface area contributed by atoms with Gasteiger partial charge in [0, 0.05) is 34.1 Å². The SMILES string of the molecule is CCC(C)(C)c1cc2cc(NC(=O)C3(c4ccccc4)CCCC3)ccc2[nH]1.CCl. The Morgan fingerprint density at radius 1 is 1.07 bits per heavy atom. The maximum absolute atomic E-state index is 13.4. The number of H-pyrrole nitrogens is 1. The predicted molar refractivity (Wildman–Crippen MR) is 129 cm³/mol. The number of fused-ring (bicyclic) bond motifs is 1. The van der Waals surface area contributed by atoms with Gasteiger partial charge in [0.2, 0.25) is 5.91 Å². The van der Waals surface area contributed by atoms with Gasteiger partial charge >= 0.3 is 0 Å². The molecule has 1 aliphatic carbocycles. The molecule has 1 saturated carbocycles. The van der Waals surface area contributed by atoms with Gasteiger partial charge in [-0.3, -0.25) is 4.79 Å². The highest BCUT2D eigenvalue weighted by atomic mass is 35.5. The highest BCUT2D eigenvalue weighted by Crippen LogP contribution is 2.42. The van der Waals surface area contributed by atoms with Crippen molar-refractivity contribution in [2.24, 2.45) is 0 Å². The summed E-state index contributed by atoms with van der Waals surface area (Å²) < 4.78 is 0. The van der Waals surface area contributed by atoms with Crippen LogP contribution in [0.15, 0.2) is 54.6 Å². The maximum atomic E-state index is 13.4. The second-order valence-corrected chi connectivity index (χ2v) is 8.83. The number of halogens is 1. The molecule has 1 heterocycles. The van der Waals surface area contributed by atoms with Crippen LogP contribution in [0.25, 0.3) is 10.9 Å². The third-order valence-electron chi connectivity index (χ3n) is 6.71. The lowest BCUT2D eigenvalue weighted by Crippen LogP contribution is -2.37. The third-order valence-corrected chi connectivity index (χ3v) is 6.71. The number of hydrogen-bond donors (Lipinski definition) is 2. The zero-order valence-electron chi connectivity index (χ0n) is 18.5. The summed E-state index contributed by atoms with van der Waals surface area (Å²) in [6.45, 7) is 6.72. The first-order valence-corrected chi connectivity index (χ1v) is 11.6. The summed E-state index contributed by atoms with van der Waals surface area (Å²) in [5, 5.41) is 4.37. The summed E-state index contributed by atoms with van der Waals surface area (Å²) in [5.41, 5.74) is 4.09. The smallest absolute Gasteiger partial charge is 0.235 e. The summed E-state index contributed by atoms with van der Waals surface area (Å²) in [5.74, 6) is 0.125. The van der Waals surface area contributed by atoms with E-state index in [0.29, 0.717) is 0 Å². The van der Waals surface area contributed by atoms with E-state index in [0.717, 1.165) is 54.3 Å². The molecule has 1 fully saturated rings. The normalized spacial score (nSPS) is 15.5. The van der Waals surface area contributed by atoms with Crippen LogP contribution in [0.2, 0.25) is 0 Å². The van der Waals surface area contributed by atoms with Gasteiger partial charge in [-0.25, -0.2) is 0 Å². The standard InChI is InChI=1S/C25H30N2O.CH3Cl/c1-4-24(2,3)22-17-18-16-20(12-13-21(18)27-22)26-23(28)25(14-8-9-15-25)19-10-6-5-7-11-19;1-2/h5-7,10-13,16-17,27H,4,8-9,14-15H2,1-3H3,(H,26,28);1H3. The highest BCUT2D eigenvalue weighted by Gasteiger charge is 2.42. The van der Waals surface area contributed by atoms with Crippen molar-refractivity contribution in [2.45, 2.75) is 63.7 Å². The third kappa shape index (κ3) is 4.27. The van der Waals surface area contributed by atoms with Crippen LogP contribution >= 0.6 is 11.6 Å². The number of aromatic nitrogens is 1. The Bertz CT molecular complexity index is 985. The fourth-order valence-corrected chi connectivity index (χ4v) is 4.40. The predicted octanol–water partition coefficient (Wildman–Crippen LogP) is 7.16. The van der Waals surface area contributed by atoms with Gasteiger partial charge in [-0.15, -0.1) is 11.6 Å². The van der Waals surface area contributed by atoms with Gasteiger partial charge in [0.25, 0.3) is 0 Å². The summed E-state index contributed by atoms with van der Waals surface area (Å²) in [6, 6.07) is 18.7. The van der Waals surface area contributed by atoms with Gasteiger partial charge in [0.05, 0.1) is 5.41 Å². The van der Waals surface area contributed by atoms with E-state index >= 15 is 0 Å². The minimum Gasteiger partial charge on any atom is -0.358 e. The summed E-state index contributed by atoms with van der Waals surface area (Å²) in [6.07, 6.45) is 6.60. The van der Waals surface area contributed by atoms with E-state index in [1.165, 1.54) is 12.1 Å². The van der Waals surface area contributed by atoms with E-state index < -0.39 is 5.41 Å². The monoisotopic (exact) mass is 424 g/mol. The lowest BCUT2D eigenvalue weighted by Gasteiger charge is -2.28. The Labute approximate surface area is 185 Å². The summed E-state index contributed by atoms with van der Waals surface area (Å²) in [4.78, 5) is 16.9.